The van der Waals surface area contributed by atoms with Gasteiger partial charge in [-0.1, -0.05) is 24.2 Å². The summed E-state index contributed by atoms with van der Waals surface area (Å²) in [6, 6.07) is 6.46. The number of hydrogen-bond acceptors (Lipinski definition) is 4. The van der Waals surface area contributed by atoms with E-state index in [2.05, 4.69) is 22.4 Å². The molecule has 4 nitrogen and oxygen atoms in total. The summed E-state index contributed by atoms with van der Waals surface area (Å²) in [6.07, 6.45) is 1.52. The van der Waals surface area contributed by atoms with Crippen LogP contribution in [0.5, 0.6) is 0 Å². The number of nitrogens with one attached hydrogen (secondary N) is 1. The summed E-state index contributed by atoms with van der Waals surface area (Å²) in [5, 5.41) is 7.20. The Bertz CT molecular complexity index is 527. The van der Waals surface area contributed by atoms with E-state index in [4.69, 9.17) is 4.52 Å². The number of rotatable bonds is 6. The van der Waals surface area contributed by atoms with Crippen molar-refractivity contribution in [2.75, 3.05) is 6.54 Å². The maximum Gasteiger partial charge on any atom is 0.243 e. The summed E-state index contributed by atoms with van der Waals surface area (Å²) in [6.45, 7) is 4.99. The molecule has 0 spiro atoms. The maximum absolute atomic E-state index is 13.1. The minimum absolute atomic E-state index is 0.0358. The lowest BCUT2D eigenvalue weighted by molar-refractivity contribution is 0.337. The van der Waals surface area contributed by atoms with Crippen LogP contribution in [0.25, 0.3) is 0 Å². The monoisotopic (exact) mass is 263 g/mol. The molecule has 0 saturated carbocycles. The summed E-state index contributed by atoms with van der Waals surface area (Å²) >= 11 is 0. The standard InChI is InChI=1S/C14H18FN3O/c1-3-7-16-10(2)14-17-13(18-19-14)9-11-5-4-6-12(15)8-11/h4-6,8,10,16H,3,7,9H2,1-2H3. The molecule has 0 fully saturated rings. The topological polar surface area (TPSA) is 51.0 Å². The average Bonchev–Trinajstić information content (AvgIpc) is 2.84. The molecular formula is C14H18FN3O. The van der Waals surface area contributed by atoms with E-state index in [0.717, 1.165) is 18.5 Å². The molecule has 2 aromatic rings. The van der Waals surface area contributed by atoms with Crippen LogP contribution in [0.2, 0.25) is 0 Å². The van der Waals surface area contributed by atoms with Crippen LogP contribution in [0.15, 0.2) is 28.8 Å². The number of hydrogen-bond donors (Lipinski definition) is 1. The zero-order valence-corrected chi connectivity index (χ0v) is 11.2. The molecule has 0 aliphatic carbocycles. The predicted octanol–water partition coefficient (Wildman–Crippen LogP) is 2.86. The highest BCUT2D eigenvalue weighted by molar-refractivity contribution is 5.19. The molecule has 1 aromatic carbocycles. The molecule has 0 bridgehead atoms. The predicted molar refractivity (Wildman–Crippen MR) is 70.2 cm³/mol. The smallest absolute Gasteiger partial charge is 0.243 e. The van der Waals surface area contributed by atoms with Crippen molar-refractivity contribution in [2.24, 2.45) is 0 Å². The fourth-order valence-corrected chi connectivity index (χ4v) is 1.79. The molecule has 2 rings (SSSR count). The van der Waals surface area contributed by atoms with Gasteiger partial charge >= 0.3 is 0 Å². The van der Waals surface area contributed by atoms with Gasteiger partial charge in [-0.05, 0) is 37.6 Å². The number of nitrogens with zero attached hydrogens (tertiary/aromatic N) is 2. The summed E-state index contributed by atoms with van der Waals surface area (Å²) in [5.74, 6) is 0.893. The molecule has 0 aliphatic rings. The first-order chi connectivity index (χ1) is 9.19. The third-order valence-electron chi connectivity index (χ3n) is 2.81. The summed E-state index contributed by atoms with van der Waals surface area (Å²) in [4.78, 5) is 4.33. The van der Waals surface area contributed by atoms with Gasteiger partial charge in [0.15, 0.2) is 5.82 Å². The summed E-state index contributed by atoms with van der Waals surface area (Å²) in [5.41, 5.74) is 0.835. The van der Waals surface area contributed by atoms with Gasteiger partial charge < -0.3 is 9.84 Å². The molecule has 1 aromatic heterocycles. The quantitative estimate of drug-likeness (QED) is 0.870. The lowest BCUT2D eigenvalue weighted by Crippen LogP contribution is -2.19. The molecule has 0 aliphatic heterocycles. The van der Waals surface area contributed by atoms with Crippen molar-refractivity contribution in [1.82, 2.24) is 15.5 Å². The fraction of sp³-hybridized carbons (Fsp3) is 0.429. The van der Waals surface area contributed by atoms with Gasteiger partial charge in [0.1, 0.15) is 5.82 Å². The van der Waals surface area contributed by atoms with E-state index in [1.165, 1.54) is 12.1 Å². The first kappa shape index (κ1) is 13.7. The largest absolute Gasteiger partial charge is 0.338 e. The van der Waals surface area contributed by atoms with Gasteiger partial charge in [-0.2, -0.15) is 4.98 Å². The third kappa shape index (κ3) is 3.86. The average molecular weight is 263 g/mol. The maximum atomic E-state index is 13.1. The number of halogens is 1. The van der Waals surface area contributed by atoms with Crippen LogP contribution < -0.4 is 5.32 Å². The van der Waals surface area contributed by atoms with Crippen LogP contribution in [-0.4, -0.2) is 16.7 Å². The van der Waals surface area contributed by atoms with Gasteiger partial charge in [0.05, 0.1) is 6.04 Å². The van der Waals surface area contributed by atoms with E-state index >= 15 is 0 Å². The highest BCUT2D eigenvalue weighted by Gasteiger charge is 2.13. The van der Waals surface area contributed by atoms with Crippen LogP contribution >= 0.6 is 0 Å². The Morgan fingerprint density at radius 3 is 3.00 bits per heavy atom. The molecule has 1 unspecified atom stereocenters. The Labute approximate surface area is 112 Å². The normalized spacial score (nSPS) is 12.6. The highest BCUT2D eigenvalue weighted by atomic mass is 19.1. The van der Waals surface area contributed by atoms with E-state index < -0.39 is 0 Å². The minimum atomic E-state index is -0.251. The molecule has 1 atom stereocenters. The molecule has 0 amide bonds. The second kappa shape index (κ2) is 6.43. The van der Waals surface area contributed by atoms with Crippen LogP contribution in [-0.2, 0) is 6.42 Å². The lowest BCUT2D eigenvalue weighted by Gasteiger charge is -2.06. The summed E-state index contributed by atoms with van der Waals surface area (Å²) in [7, 11) is 0. The molecule has 102 valence electrons. The van der Waals surface area contributed by atoms with E-state index in [1.807, 2.05) is 13.0 Å². The Morgan fingerprint density at radius 1 is 1.42 bits per heavy atom. The van der Waals surface area contributed by atoms with Crippen LogP contribution in [0.3, 0.4) is 0 Å². The Balaban J connectivity index is 2.01. The van der Waals surface area contributed by atoms with E-state index in [9.17, 15) is 4.39 Å². The van der Waals surface area contributed by atoms with Gasteiger partial charge in [0.2, 0.25) is 5.89 Å². The summed E-state index contributed by atoms with van der Waals surface area (Å²) < 4.78 is 18.3. The first-order valence-corrected chi connectivity index (χ1v) is 6.49. The minimum Gasteiger partial charge on any atom is -0.338 e. The SMILES string of the molecule is CCCNC(C)c1nc(Cc2cccc(F)c2)no1. The molecule has 0 saturated heterocycles. The van der Waals surface area contributed by atoms with Crippen LogP contribution in [0.4, 0.5) is 4.39 Å². The third-order valence-corrected chi connectivity index (χ3v) is 2.81. The van der Waals surface area contributed by atoms with E-state index in [-0.39, 0.29) is 11.9 Å². The molecular weight excluding hydrogens is 245 g/mol. The zero-order chi connectivity index (χ0) is 13.7. The Morgan fingerprint density at radius 2 is 2.26 bits per heavy atom. The Kier molecular flexibility index (Phi) is 4.63. The first-order valence-electron chi connectivity index (χ1n) is 6.49. The van der Waals surface area contributed by atoms with Crippen LogP contribution in [0, 0.1) is 5.82 Å². The zero-order valence-electron chi connectivity index (χ0n) is 11.2. The van der Waals surface area contributed by atoms with Crippen molar-refractivity contribution in [2.45, 2.75) is 32.7 Å². The van der Waals surface area contributed by atoms with Gasteiger partial charge in [0, 0.05) is 6.42 Å². The van der Waals surface area contributed by atoms with Crippen molar-refractivity contribution in [3.05, 3.63) is 47.4 Å². The molecule has 0 radical (unpaired) electrons. The molecule has 1 N–H and O–H groups in total. The van der Waals surface area contributed by atoms with Crippen molar-refractivity contribution < 1.29 is 8.91 Å². The van der Waals surface area contributed by atoms with Crippen LogP contribution in [0.1, 0.15) is 43.6 Å². The molecule has 5 heteroatoms. The lowest BCUT2D eigenvalue weighted by atomic mass is 10.1. The van der Waals surface area contributed by atoms with Gasteiger partial charge in [-0.15, -0.1) is 0 Å². The van der Waals surface area contributed by atoms with Gasteiger partial charge in [-0.25, -0.2) is 4.39 Å². The fourth-order valence-electron chi connectivity index (χ4n) is 1.79. The molecule has 19 heavy (non-hydrogen) atoms. The second-order valence-electron chi connectivity index (χ2n) is 4.53. The Hall–Kier alpha value is -1.75. The van der Waals surface area contributed by atoms with Crippen molar-refractivity contribution in [3.8, 4) is 0 Å². The van der Waals surface area contributed by atoms with Crippen molar-refractivity contribution >= 4 is 0 Å². The molecule has 1 heterocycles. The van der Waals surface area contributed by atoms with Gasteiger partial charge in [0.25, 0.3) is 0 Å². The highest BCUT2D eigenvalue weighted by Crippen LogP contribution is 2.12. The van der Waals surface area contributed by atoms with E-state index in [1.54, 1.807) is 6.07 Å². The van der Waals surface area contributed by atoms with Crippen molar-refractivity contribution in [3.63, 3.8) is 0 Å². The van der Waals surface area contributed by atoms with Crippen molar-refractivity contribution in [1.29, 1.82) is 0 Å². The second-order valence-corrected chi connectivity index (χ2v) is 4.53. The van der Waals surface area contributed by atoms with E-state index in [0.29, 0.717) is 18.1 Å². The number of benzene rings is 1. The van der Waals surface area contributed by atoms with Gasteiger partial charge in [-0.3, -0.25) is 0 Å². The number of aromatic nitrogens is 2.